The second kappa shape index (κ2) is 7.01. The Balaban J connectivity index is 1.71. The molecule has 1 atom stereocenters. The summed E-state index contributed by atoms with van der Waals surface area (Å²) in [5.41, 5.74) is 4.49. The quantitative estimate of drug-likeness (QED) is 0.737. The number of aliphatic carboxylic acids is 1. The van der Waals surface area contributed by atoms with Crippen LogP contribution in [0.25, 0.3) is 11.1 Å². The highest BCUT2D eigenvalue weighted by Crippen LogP contribution is 2.46. The topological polar surface area (TPSA) is 90.2 Å². The van der Waals surface area contributed by atoms with E-state index in [-0.39, 0.29) is 0 Å². The molecule has 28 heavy (non-hydrogen) atoms. The lowest BCUT2D eigenvalue weighted by Gasteiger charge is -2.23. The average molecular weight is 368 g/mol. The lowest BCUT2D eigenvalue weighted by Crippen LogP contribution is -2.44. The number of hydrogen-bond acceptors (Lipinski definition) is 3. The SMILES string of the molecule is N#Cc1ccc(C(=O)N[C@@H](C(=O)O)C2c3ccccc3-c3ccccc32)cc1. The minimum absolute atomic E-state index is 0.310. The summed E-state index contributed by atoms with van der Waals surface area (Å²) >= 11 is 0. The van der Waals surface area contributed by atoms with Gasteiger partial charge in [-0.1, -0.05) is 48.5 Å². The third kappa shape index (κ3) is 2.91. The number of benzene rings is 3. The van der Waals surface area contributed by atoms with Crippen LogP contribution in [0.5, 0.6) is 0 Å². The van der Waals surface area contributed by atoms with Crippen molar-refractivity contribution in [2.75, 3.05) is 0 Å². The van der Waals surface area contributed by atoms with Gasteiger partial charge in [0.15, 0.2) is 0 Å². The normalized spacial score (nSPS) is 13.1. The predicted octanol–water partition coefficient (Wildman–Crippen LogP) is 3.55. The minimum Gasteiger partial charge on any atom is -0.480 e. The number of carbonyl (C=O) groups excluding carboxylic acids is 1. The van der Waals surface area contributed by atoms with E-state index in [1.807, 2.05) is 54.6 Å². The number of hydrogen-bond donors (Lipinski definition) is 2. The van der Waals surface area contributed by atoms with Crippen molar-refractivity contribution in [2.24, 2.45) is 0 Å². The lowest BCUT2D eigenvalue weighted by molar-refractivity contribution is -0.139. The van der Waals surface area contributed by atoms with E-state index < -0.39 is 23.8 Å². The summed E-state index contributed by atoms with van der Waals surface area (Å²) in [4.78, 5) is 24.8. The molecule has 0 fully saturated rings. The number of nitriles is 1. The highest BCUT2D eigenvalue weighted by Gasteiger charge is 2.38. The molecule has 0 spiro atoms. The molecule has 0 aromatic heterocycles. The van der Waals surface area contributed by atoms with Crippen molar-refractivity contribution in [3.05, 3.63) is 95.1 Å². The van der Waals surface area contributed by atoms with Crippen molar-refractivity contribution >= 4 is 11.9 Å². The van der Waals surface area contributed by atoms with Crippen LogP contribution in [0.2, 0.25) is 0 Å². The molecule has 3 aromatic carbocycles. The summed E-state index contributed by atoms with van der Waals surface area (Å²) in [6.07, 6.45) is 0. The molecule has 5 nitrogen and oxygen atoms in total. The van der Waals surface area contributed by atoms with Crippen molar-refractivity contribution in [2.45, 2.75) is 12.0 Å². The number of nitrogens with one attached hydrogen (secondary N) is 1. The Morgan fingerprint density at radius 3 is 1.93 bits per heavy atom. The third-order valence-corrected chi connectivity index (χ3v) is 5.04. The summed E-state index contributed by atoms with van der Waals surface area (Å²) in [6, 6.07) is 22.3. The van der Waals surface area contributed by atoms with E-state index in [1.54, 1.807) is 0 Å². The second-order valence-electron chi connectivity index (χ2n) is 6.63. The number of rotatable bonds is 4. The molecule has 0 unspecified atom stereocenters. The molecule has 0 saturated carbocycles. The van der Waals surface area contributed by atoms with Gasteiger partial charge in [0.25, 0.3) is 5.91 Å². The highest BCUT2D eigenvalue weighted by molar-refractivity contribution is 5.97. The lowest BCUT2D eigenvalue weighted by atomic mass is 9.89. The standard InChI is InChI=1S/C23H16N2O3/c24-13-14-9-11-15(12-10-14)22(26)25-21(23(27)28)20-18-7-3-1-5-16(18)17-6-2-4-8-19(17)20/h1-12,20-21H,(H,25,26)(H,27,28)/t21-/m1/s1. The Bertz CT molecular complexity index is 1070. The highest BCUT2D eigenvalue weighted by atomic mass is 16.4. The van der Waals surface area contributed by atoms with Gasteiger partial charge < -0.3 is 10.4 Å². The molecule has 1 amide bonds. The van der Waals surface area contributed by atoms with Gasteiger partial charge in [-0.05, 0) is 46.5 Å². The maximum atomic E-state index is 12.7. The fraction of sp³-hybridized carbons (Fsp3) is 0.0870. The van der Waals surface area contributed by atoms with Gasteiger partial charge >= 0.3 is 5.97 Å². The summed E-state index contributed by atoms with van der Waals surface area (Å²) in [5, 5.41) is 21.5. The molecule has 0 saturated heterocycles. The fourth-order valence-electron chi connectivity index (χ4n) is 3.76. The Labute approximate surface area is 161 Å². The van der Waals surface area contributed by atoms with E-state index in [0.717, 1.165) is 22.3 Å². The molecular weight excluding hydrogens is 352 g/mol. The zero-order valence-corrected chi connectivity index (χ0v) is 14.8. The Hall–Kier alpha value is -3.91. The zero-order chi connectivity index (χ0) is 19.7. The molecule has 1 aliphatic carbocycles. The van der Waals surface area contributed by atoms with Crippen LogP contribution in [0.15, 0.2) is 72.8 Å². The smallest absolute Gasteiger partial charge is 0.327 e. The van der Waals surface area contributed by atoms with E-state index in [1.165, 1.54) is 24.3 Å². The monoisotopic (exact) mass is 368 g/mol. The summed E-state index contributed by atoms with van der Waals surface area (Å²) < 4.78 is 0. The van der Waals surface area contributed by atoms with Gasteiger partial charge in [-0.2, -0.15) is 5.26 Å². The molecule has 0 aliphatic heterocycles. The average Bonchev–Trinajstić information content (AvgIpc) is 3.06. The molecule has 3 aromatic rings. The number of nitrogens with zero attached hydrogens (tertiary/aromatic N) is 1. The Morgan fingerprint density at radius 2 is 1.43 bits per heavy atom. The number of amides is 1. The van der Waals surface area contributed by atoms with E-state index >= 15 is 0 Å². The van der Waals surface area contributed by atoms with Gasteiger partial charge in [0.2, 0.25) is 0 Å². The molecule has 136 valence electrons. The van der Waals surface area contributed by atoms with Crippen molar-refractivity contribution in [3.63, 3.8) is 0 Å². The Kier molecular flexibility index (Phi) is 4.38. The van der Waals surface area contributed by atoms with Crippen LogP contribution in [0, 0.1) is 11.3 Å². The first-order valence-electron chi connectivity index (χ1n) is 8.82. The van der Waals surface area contributed by atoms with Gasteiger partial charge in [0, 0.05) is 11.5 Å². The van der Waals surface area contributed by atoms with Crippen LogP contribution in [0.4, 0.5) is 0 Å². The summed E-state index contributed by atoms with van der Waals surface area (Å²) in [6.45, 7) is 0. The maximum absolute atomic E-state index is 12.7. The van der Waals surface area contributed by atoms with Crippen molar-refractivity contribution in [1.29, 1.82) is 5.26 Å². The number of carboxylic acids is 1. The third-order valence-electron chi connectivity index (χ3n) is 5.04. The van der Waals surface area contributed by atoms with E-state index in [4.69, 9.17) is 5.26 Å². The first kappa shape index (κ1) is 17.5. The molecule has 0 radical (unpaired) electrons. The van der Waals surface area contributed by atoms with Crippen LogP contribution in [0.1, 0.15) is 33.0 Å². The fourth-order valence-corrected chi connectivity index (χ4v) is 3.76. The van der Waals surface area contributed by atoms with Gasteiger partial charge in [0.1, 0.15) is 6.04 Å². The summed E-state index contributed by atoms with van der Waals surface area (Å²) in [5.74, 6) is -2.07. The maximum Gasteiger partial charge on any atom is 0.327 e. The first-order chi connectivity index (χ1) is 13.6. The number of carboxylic acid groups (broad SMARTS) is 1. The van der Waals surface area contributed by atoms with Crippen LogP contribution in [0.3, 0.4) is 0 Å². The molecule has 2 N–H and O–H groups in total. The van der Waals surface area contributed by atoms with E-state index in [0.29, 0.717) is 11.1 Å². The number of fused-ring (bicyclic) bond motifs is 3. The molecule has 0 bridgehead atoms. The van der Waals surface area contributed by atoms with Gasteiger partial charge in [-0.3, -0.25) is 4.79 Å². The van der Waals surface area contributed by atoms with Gasteiger partial charge in [0.05, 0.1) is 11.6 Å². The Morgan fingerprint density at radius 1 is 0.893 bits per heavy atom. The van der Waals surface area contributed by atoms with Crippen molar-refractivity contribution in [1.82, 2.24) is 5.32 Å². The van der Waals surface area contributed by atoms with E-state index in [2.05, 4.69) is 5.32 Å². The largest absolute Gasteiger partial charge is 0.480 e. The first-order valence-corrected chi connectivity index (χ1v) is 8.82. The molecule has 0 heterocycles. The van der Waals surface area contributed by atoms with Crippen LogP contribution < -0.4 is 5.32 Å². The zero-order valence-electron chi connectivity index (χ0n) is 14.8. The predicted molar refractivity (Wildman–Crippen MR) is 104 cm³/mol. The molecule has 1 aliphatic rings. The molecule has 4 rings (SSSR count). The van der Waals surface area contributed by atoms with Crippen LogP contribution in [-0.2, 0) is 4.79 Å². The second-order valence-corrected chi connectivity index (χ2v) is 6.63. The van der Waals surface area contributed by atoms with Crippen molar-refractivity contribution in [3.8, 4) is 17.2 Å². The number of carbonyl (C=O) groups is 2. The van der Waals surface area contributed by atoms with Crippen LogP contribution >= 0.6 is 0 Å². The summed E-state index contributed by atoms with van der Waals surface area (Å²) in [7, 11) is 0. The van der Waals surface area contributed by atoms with Crippen LogP contribution in [-0.4, -0.2) is 23.0 Å². The van der Waals surface area contributed by atoms with E-state index in [9.17, 15) is 14.7 Å². The van der Waals surface area contributed by atoms with Gasteiger partial charge in [-0.25, -0.2) is 4.79 Å². The van der Waals surface area contributed by atoms with Crippen molar-refractivity contribution < 1.29 is 14.7 Å². The van der Waals surface area contributed by atoms with Gasteiger partial charge in [-0.15, -0.1) is 0 Å². The molecular formula is C23H16N2O3. The molecule has 5 heteroatoms. The minimum atomic E-state index is -1.12.